The summed E-state index contributed by atoms with van der Waals surface area (Å²) in [5, 5.41) is 2.97. The van der Waals surface area contributed by atoms with Gasteiger partial charge in [-0.25, -0.2) is 13.4 Å². The van der Waals surface area contributed by atoms with Crippen LogP contribution >= 0.6 is 0 Å². The highest BCUT2D eigenvalue weighted by Gasteiger charge is 2.15. The number of nitrogens with zero attached hydrogens (tertiary/aromatic N) is 1. The Morgan fingerprint density at radius 2 is 2.18 bits per heavy atom. The van der Waals surface area contributed by atoms with Gasteiger partial charge in [-0.2, -0.15) is 0 Å². The Morgan fingerprint density at radius 3 is 2.71 bits per heavy atom. The zero-order chi connectivity index (χ0) is 13.1. The number of pyridine rings is 1. The fraction of sp³-hybridized carbons (Fsp3) is 0.500. The summed E-state index contributed by atoms with van der Waals surface area (Å²) in [7, 11) is -4.25. The first-order chi connectivity index (χ1) is 7.80. The second-order valence-electron chi connectivity index (χ2n) is 3.91. The van der Waals surface area contributed by atoms with Crippen molar-refractivity contribution in [2.45, 2.75) is 17.9 Å². The van der Waals surface area contributed by atoms with Gasteiger partial charge in [-0.1, -0.05) is 0 Å². The Bertz CT molecular complexity index is 514. The van der Waals surface area contributed by atoms with E-state index in [1.807, 2.05) is 6.92 Å². The van der Waals surface area contributed by atoms with Crippen molar-refractivity contribution in [2.24, 2.45) is 0 Å². The van der Waals surface area contributed by atoms with Crippen LogP contribution in [0.5, 0.6) is 0 Å². The molecule has 0 bridgehead atoms. The van der Waals surface area contributed by atoms with Gasteiger partial charge in [-0.05, 0) is 19.1 Å². The minimum Gasteiger partial charge on any atom is -0.366 e. The average Bonchev–Trinajstić information content (AvgIpc) is 2.15. The van der Waals surface area contributed by atoms with Gasteiger partial charge in [0.2, 0.25) is 0 Å². The average molecular weight is 276 g/mol. The van der Waals surface area contributed by atoms with Crippen LogP contribution in [0.15, 0.2) is 23.2 Å². The first-order valence-corrected chi connectivity index (χ1v) is 8.64. The largest absolute Gasteiger partial charge is 0.366 e. The smallest absolute Gasteiger partial charge is 0.179 e. The lowest BCUT2D eigenvalue weighted by atomic mass is 10.3. The van der Waals surface area contributed by atoms with Crippen molar-refractivity contribution in [2.75, 3.05) is 23.6 Å². The van der Waals surface area contributed by atoms with E-state index < -0.39 is 20.6 Å². The third kappa shape index (κ3) is 4.43. The summed E-state index contributed by atoms with van der Waals surface area (Å²) in [5.74, 6) is 0.757. The van der Waals surface area contributed by atoms with E-state index in [-0.39, 0.29) is 10.9 Å². The van der Waals surface area contributed by atoms with E-state index in [1.54, 1.807) is 12.3 Å². The maximum absolute atomic E-state index is 11.5. The third-order valence-electron chi connectivity index (χ3n) is 2.04. The van der Waals surface area contributed by atoms with Crippen molar-refractivity contribution in [1.82, 2.24) is 4.98 Å². The summed E-state index contributed by atoms with van der Waals surface area (Å²) in [6.07, 6.45) is 4.26. The number of rotatable bonds is 5. The molecule has 7 heteroatoms. The number of hydrogen-bond donors (Lipinski definition) is 1. The molecule has 1 aromatic heterocycles. The van der Waals surface area contributed by atoms with Crippen LogP contribution in [0.3, 0.4) is 0 Å². The zero-order valence-corrected chi connectivity index (χ0v) is 11.6. The number of hydrogen-bond acceptors (Lipinski definition) is 5. The molecule has 0 radical (unpaired) electrons. The second-order valence-corrected chi connectivity index (χ2v) is 7.37. The van der Waals surface area contributed by atoms with Crippen LogP contribution in [0, 0.1) is 0 Å². The molecule has 0 aliphatic rings. The highest BCUT2D eigenvalue weighted by molar-refractivity contribution is 7.90. The van der Waals surface area contributed by atoms with Crippen molar-refractivity contribution in [1.29, 1.82) is 0 Å². The van der Waals surface area contributed by atoms with E-state index >= 15 is 0 Å². The van der Waals surface area contributed by atoms with Gasteiger partial charge in [-0.3, -0.25) is 4.21 Å². The normalized spacial score (nSPS) is 15.2. The first kappa shape index (κ1) is 14.1. The summed E-state index contributed by atoms with van der Waals surface area (Å²) >= 11 is 0. The second kappa shape index (κ2) is 5.59. The molecule has 0 spiro atoms. The molecule has 0 amide bonds. The van der Waals surface area contributed by atoms with Crippen LogP contribution in [0.2, 0.25) is 0 Å². The maximum atomic E-state index is 11.5. The number of nitrogens with one attached hydrogen (secondary N) is 1. The van der Waals surface area contributed by atoms with Crippen LogP contribution in [0.1, 0.15) is 6.92 Å². The van der Waals surface area contributed by atoms with E-state index in [1.165, 1.54) is 12.3 Å². The molecule has 0 fully saturated rings. The standard InChI is InChI=1S/C10H16N2O3S2/c1-8(7-16(2)13)12-10-9(17(3,14)15)5-4-6-11-10/h4-6,8H,7H2,1-3H3,(H,11,12). The molecule has 1 aromatic rings. The van der Waals surface area contributed by atoms with Crippen molar-refractivity contribution < 1.29 is 12.6 Å². The highest BCUT2D eigenvalue weighted by Crippen LogP contribution is 2.18. The summed E-state index contributed by atoms with van der Waals surface area (Å²) in [6.45, 7) is 1.84. The van der Waals surface area contributed by atoms with Gasteiger partial charge in [0.1, 0.15) is 10.7 Å². The molecule has 1 rings (SSSR count). The summed E-state index contributed by atoms with van der Waals surface area (Å²) in [4.78, 5) is 4.16. The molecule has 0 saturated heterocycles. The van der Waals surface area contributed by atoms with Crippen LogP contribution in [-0.4, -0.2) is 41.9 Å². The Labute approximate surface area is 104 Å². The van der Waals surface area contributed by atoms with Crippen molar-refractivity contribution in [3.63, 3.8) is 0 Å². The lowest BCUT2D eigenvalue weighted by molar-refractivity contribution is 0.601. The Balaban J connectivity index is 2.96. The molecule has 0 aromatic carbocycles. The molecule has 0 aliphatic heterocycles. The molecule has 2 atom stereocenters. The predicted octanol–water partition coefficient (Wildman–Crippen LogP) is 0.664. The molecule has 5 nitrogen and oxygen atoms in total. The summed E-state index contributed by atoms with van der Waals surface area (Å²) in [6, 6.07) is 2.97. The molecule has 2 unspecified atom stereocenters. The fourth-order valence-electron chi connectivity index (χ4n) is 1.43. The van der Waals surface area contributed by atoms with Crippen LogP contribution in [0.25, 0.3) is 0 Å². The fourth-order valence-corrected chi connectivity index (χ4v) is 3.00. The van der Waals surface area contributed by atoms with Gasteiger partial charge < -0.3 is 5.32 Å². The van der Waals surface area contributed by atoms with Gasteiger partial charge in [-0.15, -0.1) is 0 Å². The van der Waals surface area contributed by atoms with Gasteiger partial charge in [0.05, 0.1) is 0 Å². The summed E-state index contributed by atoms with van der Waals surface area (Å²) < 4.78 is 34.1. The third-order valence-corrected chi connectivity index (χ3v) is 4.14. The lowest BCUT2D eigenvalue weighted by Gasteiger charge is -2.15. The first-order valence-electron chi connectivity index (χ1n) is 5.02. The molecule has 17 heavy (non-hydrogen) atoms. The Kier molecular flexibility index (Phi) is 4.64. The van der Waals surface area contributed by atoms with Crippen LogP contribution in [-0.2, 0) is 20.6 Å². The zero-order valence-electron chi connectivity index (χ0n) is 10.0. The quantitative estimate of drug-likeness (QED) is 0.855. The van der Waals surface area contributed by atoms with E-state index in [0.29, 0.717) is 11.6 Å². The SMILES string of the molecule is CC(CS(C)=O)Nc1ncccc1S(C)(=O)=O. The van der Waals surface area contributed by atoms with Crippen LogP contribution < -0.4 is 5.32 Å². The van der Waals surface area contributed by atoms with E-state index in [9.17, 15) is 12.6 Å². The van der Waals surface area contributed by atoms with Gasteiger partial charge in [0.15, 0.2) is 9.84 Å². The Hall–Kier alpha value is -0.950. The van der Waals surface area contributed by atoms with E-state index in [0.717, 1.165) is 6.26 Å². The minimum atomic E-state index is -3.31. The highest BCUT2D eigenvalue weighted by atomic mass is 32.2. The molecule has 96 valence electrons. The Morgan fingerprint density at radius 1 is 1.53 bits per heavy atom. The topological polar surface area (TPSA) is 76.1 Å². The molecule has 0 aliphatic carbocycles. The summed E-state index contributed by atoms with van der Waals surface area (Å²) in [5.41, 5.74) is 0. The molecule has 1 heterocycles. The molecule has 0 saturated carbocycles. The van der Waals surface area contributed by atoms with Gasteiger partial charge >= 0.3 is 0 Å². The molecular weight excluding hydrogens is 260 g/mol. The monoisotopic (exact) mass is 276 g/mol. The number of sulfone groups is 1. The van der Waals surface area contributed by atoms with Gasteiger partial charge in [0, 0.05) is 41.3 Å². The number of aromatic nitrogens is 1. The van der Waals surface area contributed by atoms with E-state index in [4.69, 9.17) is 0 Å². The number of anilines is 1. The van der Waals surface area contributed by atoms with Crippen molar-refractivity contribution in [3.05, 3.63) is 18.3 Å². The maximum Gasteiger partial charge on any atom is 0.179 e. The minimum absolute atomic E-state index is 0.101. The molecule has 1 N–H and O–H groups in total. The van der Waals surface area contributed by atoms with E-state index in [2.05, 4.69) is 10.3 Å². The van der Waals surface area contributed by atoms with Crippen molar-refractivity contribution in [3.8, 4) is 0 Å². The van der Waals surface area contributed by atoms with Gasteiger partial charge in [0.25, 0.3) is 0 Å². The lowest BCUT2D eigenvalue weighted by Crippen LogP contribution is -2.24. The molecular formula is C10H16N2O3S2. The predicted molar refractivity (Wildman–Crippen MR) is 69.4 cm³/mol. The van der Waals surface area contributed by atoms with Crippen molar-refractivity contribution >= 4 is 26.5 Å². The van der Waals surface area contributed by atoms with Crippen LogP contribution in [0.4, 0.5) is 5.82 Å².